The van der Waals surface area contributed by atoms with Crippen LogP contribution < -0.4 is 11.1 Å². The number of nitrogen functional groups attached to an aromatic ring is 1. The summed E-state index contributed by atoms with van der Waals surface area (Å²) in [6.07, 6.45) is 7.12. The van der Waals surface area contributed by atoms with Crippen LogP contribution in [0, 0.1) is 5.92 Å². The number of rotatable bonds is 7. The van der Waals surface area contributed by atoms with Crippen LogP contribution in [0.25, 0.3) is 0 Å². The highest BCUT2D eigenvalue weighted by molar-refractivity contribution is 7.18. The van der Waals surface area contributed by atoms with Crippen LogP contribution in [-0.2, 0) is 0 Å². The Morgan fingerprint density at radius 1 is 1.43 bits per heavy atom. The average Bonchev–Trinajstić information content (AvgIpc) is 3.15. The SMILES string of the molecule is CCCN(CC1CC1)C(=O)c1sc(NC2CCC2)nc1N. The molecule has 2 aliphatic carbocycles. The van der Waals surface area contributed by atoms with Gasteiger partial charge < -0.3 is 16.0 Å². The van der Waals surface area contributed by atoms with E-state index >= 15 is 0 Å². The molecule has 5 nitrogen and oxygen atoms in total. The predicted octanol–water partition coefficient (Wildman–Crippen LogP) is 2.95. The van der Waals surface area contributed by atoms with Crippen molar-refractivity contribution in [1.29, 1.82) is 0 Å². The molecule has 0 spiro atoms. The molecule has 3 N–H and O–H groups in total. The molecule has 0 bridgehead atoms. The van der Waals surface area contributed by atoms with Gasteiger partial charge in [-0.25, -0.2) is 4.98 Å². The van der Waals surface area contributed by atoms with Crippen molar-refractivity contribution in [3.8, 4) is 0 Å². The van der Waals surface area contributed by atoms with Gasteiger partial charge in [0, 0.05) is 19.1 Å². The number of amides is 1. The van der Waals surface area contributed by atoms with Gasteiger partial charge in [-0.3, -0.25) is 4.79 Å². The molecule has 1 amide bonds. The number of hydrogen-bond acceptors (Lipinski definition) is 5. The van der Waals surface area contributed by atoms with Gasteiger partial charge >= 0.3 is 0 Å². The van der Waals surface area contributed by atoms with Gasteiger partial charge in [-0.1, -0.05) is 18.3 Å². The number of hydrogen-bond donors (Lipinski definition) is 2. The van der Waals surface area contributed by atoms with Crippen molar-refractivity contribution < 1.29 is 4.79 Å². The maximum Gasteiger partial charge on any atom is 0.267 e. The number of anilines is 2. The van der Waals surface area contributed by atoms with Gasteiger partial charge in [0.25, 0.3) is 5.91 Å². The molecule has 0 aromatic carbocycles. The molecule has 3 rings (SSSR count). The number of nitrogens with two attached hydrogens (primary N) is 1. The van der Waals surface area contributed by atoms with E-state index in [4.69, 9.17) is 5.73 Å². The topological polar surface area (TPSA) is 71.2 Å². The van der Waals surface area contributed by atoms with E-state index in [2.05, 4.69) is 17.2 Å². The van der Waals surface area contributed by atoms with E-state index in [-0.39, 0.29) is 5.91 Å². The minimum absolute atomic E-state index is 0.0559. The first-order valence-electron chi connectivity index (χ1n) is 7.99. The fourth-order valence-electron chi connectivity index (χ4n) is 2.58. The van der Waals surface area contributed by atoms with Gasteiger partial charge in [0.05, 0.1) is 0 Å². The molecule has 0 aliphatic heterocycles. The molecule has 2 fully saturated rings. The highest BCUT2D eigenvalue weighted by Crippen LogP contribution is 2.33. The Balaban J connectivity index is 1.68. The zero-order chi connectivity index (χ0) is 14.8. The summed E-state index contributed by atoms with van der Waals surface area (Å²) < 4.78 is 0. The predicted molar refractivity (Wildman–Crippen MR) is 86.7 cm³/mol. The van der Waals surface area contributed by atoms with Crippen molar-refractivity contribution >= 4 is 28.2 Å². The summed E-state index contributed by atoms with van der Waals surface area (Å²) in [7, 11) is 0. The van der Waals surface area contributed by atoms with E-state index in [1.54, 1.807) is 0 Å². The molecule has 1 heterocycles. The van der Waals surface area contributed by atoms with E-state index < -0.39 is 0 Å². The molecule has 0 unspecified atom stereocenters. The third-order valence-electron chi connectivity index (χ3n) is 4.24. The first-order chi connectivity index (χ1) is 10.2. The maximum atomic E-state index is 12.7. The van der Waals surface area contributed by atoms with Gasteiger partial charge in [-0.15, -0.1) is 0 Å². The lowest BCUT2D eigenvalue weighted by Crippen LogP contribution is -2.33. The van der Waals surface area contributed by atoms with E-state index in [9.17, 15) is 4.79 Å². The second-order valence-electron chi connectivity index (χ2n) is 6.20. The Bertz CT molecular complexity index is 508. The smallest absolute Gasteiger partial charge is 0.267 e. The van der Waals surface area contributed by atoms with E-state index in [1.165, 1.54) is 43.4 Å². The number of carbonyl (C=O) groups is 1. The highest BCUT2D eigenvalue weighted by atomic mass is 32.1. The third-order valence-corrected chi connectivity index (χ3v) is 5.23. The van der Waals surface area contributed by atoms with Crippen molar-refractivity contribution in [1.82, 2.24) is 9.88 Å². The fraction of sp³-hybridized carbons (Fsp3) is 0.733. The largest absolute Gasteiger partial charge is 0.382 e. The second kappa shape index (κ2) is 6.22. The van der Waals surface area contributed by atoms with Gasteiger partial charge in [0.1, 0.15) is 10.7 Å². The molecule has 2 aliphatic rings. The van der Waals surface area contributed by atoms with Crippen molar-refractivity contribution in [2.45, 2.75) is 51.5 Å². The lowest BCUT2D eigenvalue weighted by atomic mass is 9.93. The van der Waals surface area contributed by atoms with Crippen LogP contribution in [0.4, 0.5) is 10.9 Å². The number of aromatic nitrogens is 1. The standard InChI is InChI=1S/C15H24N4OS/c1-2-8-19(9-10-6-7-10)14(20)12-13(16)18-15(21-12)17-11-4-3-5-11/h10-11H,2-9,16H2,1H3,(H,17,18). The molecular formula is C15H24N4OS. The number of thiazole rings is 1. The Kier molecular flexibility index (Phi) is 4.33. The molecule has 1 aromatic heterocycles. The summed E-state index contributed by atoms with van der Waals surface area (Å²) in [4.78, 5) is 19.6. The minimum atomic E-state index is 0.0559. The van der Waals surface area contributed by atoms with Crippen molar-refractivity contribution in [3.63, 3.8) is 0 Å². The molecular weight excluding hydrogens is 284 g/mol. The Labute approximate surface area is 129 Å². The number of nitrogens with zero attached hydrogens (tertiary/aromatic N) is 2. The summed E-state index contributed by atoms with van der Waals surface area (Å²) in [5.74, 6) is 1.13. The van der Waals surface area contributed by atoms with Crippen LogP contribution >= 0.6 is 11.3 Å². The van der Waals surface area contributed by atoms with Crippen LogP contribution in [0.2, 0.25) is 0 Å². The van der Waals surface area contributed by atoms with E-state index in [0.717, 1.165) is 24.6 Å². The van der Waals surface area contributed by atoms with Gasteiger partial charge in [-0.2, -0.15) is 0 Å². The summed E-state index contributed by atoms with van der Waals surface area (Å²) in [6.45, 7) is 3.78. The van der Waals surface area contributed by atoms with Crippen LogP contribution in [0.1, 0.15) is 55.1 Å². The summed E-state index contributed by atoms with van der Waals surface area (Å²) in [5, 5.41) is 4.17. The number of carbonyl (C=O) groups excluding carboxylic acids is 1. The normalized spacial score (nSPS) is 18.3. The Hall–Kier alpha value is -1.30. The summed E-state index contributed by atoms with van der Waals surface area (Å²) in [5.41, 5.74) is 5.97. The lowest BCUT2D eigenvalue weighted by molar-refractivity contribution is 0.0753. The first kappa shape index (κ1) is 14.6. The minimum Gasteiger partial charge on any atom is -0.382 e. The van der Waals surface area contributed by atoms with Crippen LogP contribution in [0.15, 0.2) is 0 Å². The third kappa shape index (κ3) is 3.48. The quantitative estimate of drug-likeness (QED) is 0.812. The summed E-state index contributed by atoms with van der Waals surface area (Å²) >= 11 is 1.41. The zero-order valence-corrected chi connectivity index (χ0v) is 13.4. The monoisotopic (exact) mass is 308 g/mol. The van der Waals surface area contributed by atoms with Crippen LogP contribution in [0.3, 0.4) is 0 Å². The van der Waals surface area contributed by atoms with Gasteiger partial charge in [0.2, 0.25) is 0 Å². The van der Waals surface area contributed by atoms with Gasteiger partial charge in [-0.05, 0) is 44.4 Å². The molecule has 2 saturated carbocycles. The fourth-order valence-corrected chi connectivity index (χ4v) is 3.51. The van der Waals surface area contributed by atoms with Crippen molar-refractivity contribution in [3.05, 3.63) is 4.88 Å². The average molecular weight is 308 g/mol. The molecule has 21 heavy (non-hydrogen) atoms. The first-order valence-corrected chi connectivity index (χ1v) is 8.81. The zero-order valence-electron chi connectivity index (χ0n) is 12.6. The van der Waals surface area contributed by atoms with E-state index in [1.807, 2.05) is 4.90 Å². The molecule has 0 saturated heterocycles. The molecule has 1 aromatic rings. The van der Waals surface area contributed by atoms with Crippen molar-refractivity contribution in [2.24, 2.45) is 5.92 Å². The number of nitrogens with one attached hydrogen (secondary N) is 1. The van der Waals surface area contributed by atoms with E-state index in [0.29, 0.717) is 22.7 Å². The molecule has 116 valence electrons. The molecule has 0 atom stereocenters. The molecule has 6 heteroatoms. The maximum absolute atomic E-state index is 12.7. The lowest BCUT2D eigenvalue weighted by Gasteiger charge is -2.25. The summed E-state index contributed by atoms with van der Waals surface area (Å²) in [6, 6.07) is 0.511. The van der Waals surface area contributed by atoms with Crippen molar-refractivity contribution in [2.75, 3.05) is 24.1 Å². The van der Waals surface area contributed by atoms with Gasteiger partial charge in [0.15, 0.2) is 5.13 Å². The van der Waals surface area contributed by atoms with Crippen LogP contribution in [0.5, 0.6) is 0 Å². The molecule has 0 radical (unpaired) electrons. The highest BCUT2D eigenvalue weighted by Gasteiger charge is 2.29. The second-order valence-corrected chi connectivity index (χ2v) is 7.20. The Morgan fingerprint density at radius 2 is 2.19 bits per heavy atom. The Morgan fingerprint density at radius 3 is 2.76 bits per heavy atom. The van der Waals surface area contributed by atoms with Crippen LogP contribution in [-0.4, -0.2) is 34.9 Å².